The molecule has 1 heterocycles. The summed E-state index contributed by atoms with van der Waals surface area (Å²) in [4.78, 5) is 4.14. The second-order valence-corrected chi connectivity index (χ2v) is 13.6. The molecule has 10 aromatic rings. The third-order valence-electron chi connectivity index (χ3n) is 10.2. The second kappa shape index (κ2) is 13.4. The van der Waals surface area contributed by atoms with Crippen molar-refractivity contribution < 1.29 is 0 Å². The summed E-state index contributed by atoms with van der Waals surface area (Å²) in [5.41, 5.74) is 12.8. The summed E-state index contributed by atoms with van der Waals surface area (Å²) in [7, 11) is 0. The maximum Gasteiger partial charge on any atom is 0.122 e. The number of anilines is 3. The van der Waals surface area contributed by atoms with Crippen molar-refractivity contribution >= 4 is 49.6 Å². The monoisotopic (exact) mass is 690 g/mol. The Labute approximate surface area is 313 Å². The van der Waals surface area contributed by atoms with Gasteiger partial charge in [-0.3, -0.25) is 0 Å². The van der Waals surface area contributed by atoms with E-state index in [1.165, 1.54) is 16.7 Å². The van der Waals surface area contributed by atoms with Crippen molar-refractivity contribution in [2.24, 2.45) is 0 Å². The van der Waals surface area contributed by atoms with Gasteiger partial charge in [0.05, 0.1) is 5.69 Å². The van der Waals surface area contributed by atoms with E-state index in [4.69, 9.17) is 10.2 Å². The predicted octanol–water partition coefficient (Wildman–Crippen LogP) is 13.2. The van der Waals surface area contributed by atoms with Crippen molar-refractivity contribution in [3.63, 3.8) is 0 Å². The number of para-hydroxylation sites is 1. The van der Waals surface area contributed by atoms with Crippen molar-refractivity contribution in [3.8, 4) is 39.1 Å². The van der Waals surface area contributed by atoms with Crippen LogP contribution in [0.25, 0.3) is 71.6 Å². The lowest BCUT2D eigenvalue weighted by atomic mass is 9.96. The lowest BCUT2D eigenvalue weighted by Crippen LogP contribution is -2.10. The average Bonchev–Trinajstić information content (AvgIpc) is 3.70. The zero-order valence-electron chi connectivity index (χ0n) is 29.4. The number of nitrogens with zero attached hydrogens (tertiary/aromatic N) is 4. The molecule has 9 aromatic carbocycles. The van der Waals surface area contributed by atoms with Crippen LogP contribution in [0.3, 0.4) is 0 Å². The quantitative estimate of drug-likeness (QED) is 0.156. The Morgan fingerprint density at radius 1 is 0.352 bits per heavy atom. The van der Waals surface area contributed by atoms with Gasteiger partial charge in [-0.25, -0.2) is 0 Å². The molecule has 0 unspecified atom stereocenters. The molecule has 0 amide bonds. The van der Waals surface area contributed by atoms with E-state index in [0.717, 1.165) is 72.0 Å². The van der Waals surface area contributed by atoms with Crippen LogP contribution in [0.4, 0.5) is 17.1 Å². The highest BCUT2D eigenvalue weighted by molar-refractivity contribution is 6.19. The molecule has 54 heavy (non-hydrogen) atoms. The fraction of sp³-hybridized carbons (Fsp3) is 0. The van der Waals surface area contributed by atoms with Gasteiger partial charge in [0.15, 0.2) is 0 Å². The molecule has 10 rings (SSSR count). The molecular formula is C50H34N4. The van der Waals surface area contributed by atoms with E-state index < -0.39 is 0 Å². The van der Waals surface area contributed by atoms with Crippen LogP contribution in [0, 0.1) is 0 Å². The highest BCUT2D eigenvalue weighted by atomic mass is 15.5. The van der Waals surface area contributed by atoms with E-state index >= 15 is 0 Å². The second-order valence-electron chi connectivity index (χ2n) is 13.6. The van der Waals surface area contributed by atoms with Crippen LogP contribution in [0.15, 0.2) is 206 Å². The first-order valence-corrected chi connectivity index (χ1v) is 18.2. The SMILES string of the molecule is c1ccc(-c2cccc(N(c3cc(-c4ccccc4)cc(-c4ccccc4)c3)c3ccc4ccc5ccc6nn(-c7ccccc7)nc6c5c4c3)c2)cc1. The largest absolute Gasteiger partial charge is 0.310 e. The molecule has 4 heteroatoms. The molecule has 0 aliphatic carbocycles. The minimum absolute atomic E-state index is 0.861. The molecular weight excluding hydrogens is 657 g/mol. The van der Waals surface area contributed by atoms with Crippen LogP contribution in [-0.2, 0) is 0 Å². The fourth-order valence-corrected chi connectivity index (χ4v) is 7.56. The first-order valence-electron chi connectivity index (χ1n) is 18.2. The zero-order chi connectivity index (χ0) is 35.8. The molecule has 0 N–H and O–H groups in total. The Bertz CT molecular complexity index is 2860. The Kier molecular flexibility index (Phi) is 7.77. The normalized spacial score (nSPS) is 11.3. The van der Waals surface area contributed by atoms with Crippen LogP contribution in [-0.4, -0.2) is 15.0 Å². The van der Waals surface area contributed by atoms with Gasteiger partial charge in [0.1, 0.15) is 11.0 Å². The molecule has 0 fully saturated rings. The average molecular weight is 691 g/mol. The summed E-state index contributed by atoms with van der Waals surface area (Å²) < 4.78 is 0. The van der Waals surface area contributed by atoms with Crippen molar-refractivity contribution in [2.75, 3.05) is 4.90 Å². The van der Waals surface area contributed by atoms with E-state index in [1.807, 2.05) is 30.3 Å². The molecule has 0 saturated carbocycles. The van der Waals surface area contributed by atoms with E-state index in [2.05, 4.69) is 181 Å². The minimum atomic E-state index is 0.861. The van der Waals surface area contributed by atoms with Gasteiger partial charge in [-0.1, -0.05) is 146 Å². The van der Waals surface area contributed by atoms with Gasteiger partial charge in [0.25, 0.3) is 0 Å². The van der Waals surface area contributed by atoms with Crippen molar-refractivity contribution in [3.05, 3.63) is 206 Å². The van der Waals surface area contributed by atoms with E-state index in [1.54, 1.807) is 4.80 Å². The Morgan fingerprint density at radius 2 is 0.870 bits per heavy atom. The predicted molar refractivity (Wildman–Crippen MR) is 225 cm³/mol. The summed E-state index contributed by atoms with van der Waals surface area (Å²) in [6, 6.07) is 73.2. The molecule has 1 aromatic heterocycles. The summed E-state index contributed by atoms with van der Waals surface area (Å²) >= 11 is 0. The summed E-state index contributed by atoms with van der Waals surface area (Å²) in [6.45, 7) is 0. The maximum atomic E-state index is 5.08. The van der Waals surface area contributed by atoms with Gasteiger partial charge >= 0.3 is 0 Å². The van der Waals surface area contributed by atoms with Gasteiger partial charge < -0.3 is 4.90 Å². The van der Waals surface area contributed by atoms with Crippen molar-refractivity contribution in [1.29, 1.82) is 0 Å². The zero-order valence-corrected chi connectivity index (χ0v) is 29.4. The molecule has 0 aliphatic rings. The number of aromatic nitrogens is 3. The lowest BCUT2D eigenvalue weighted by Gasteiger charge is -2.28. The van der Waals surface area contributed by atoms with Gasteiger partial charge in [0, 0.05) is 22.4 Å². The van der Waals surface area contributed by atoms with Crippen LogP contribution < -0.4 is 4.90 Å². The smallest absolute Gasteiger partial charge is 0.122 e. The molecule has 254 valence electrons. The van der Waals surface area contributed by atoms with E-state index in [9.17, 15) is 0 Å². The van der Waals surface area contributed by atoms with Crippen LogP contribution in [0.5, 0.6) is 0 Å². The fourth-order valence-electron chi connectivity index (χ4n) is 7.56. The Hall–Kier alpha value is -7.30. The van der Waals surface area contributed by atoms with Gasteiger partial charge in [-0.05, 0) is 110 Å². The molecule has 4 nitrogen and oxygen atoms in total. The Morgan fingerprint density at radius 3 is 1.54 bits per heavy atom. The van der Waals surface area contributed by atoms with Crippen LogP contribution >= 0.6 is 0 Å². The van der Waals surface area contributed by atoms with Crippen LogP contribution in [0.1, 0.15) is 0 Å². The van der Waals surface area contributed by atoms with Gasteiger partial charge in [-0.15, -0.1) is 10.2 Å². The van der Waals surface area contributed by atoms with Gasteiger partial charge in [-0.2, -0.15) is 4.80 Å². The van der Waals surface area contributed by atoms with Crippen molar-refractivity contribution in [2.45, 2.75) is 0 Å². The highest BCUT2D eigenvalue weighted by Gasteiger charge is 2.19. The van der Waals surface area contributed by atoms with Crippen LogP contribution in [0.2, 0.25) is 0 Å². The lowest BCUT2D eigenvalue weighted by molar-refractivity contribution is 0.766. The maximum absolute atomic E-state index is 5.08. The van der Waals surface area contributed by atoms with Gasteiger partial charge in [0.2, 0.25) is 0 Å². The molecule has 0 bridgehead atoms. The number of benzene rings is 9. The highest BCUT2D eigenvalue weighted by Crippen LogP contribution is 2.43. The summed E-state index contributed by atoms with van der Waals surface area (Å²) in [5, 5.41) is 14.5. The standard InChI is InChI=1S/C50H34N4/c1-5-14-35(15-6-1)40-20-13-23-44(31-40)53(46-32-41(36-16-7-2-8-17-36)30-42(33-46)37-18-9-3-10-19-37)45-28-26-38-24-25-39-27-29-48-50(49(39)47(38)34-45)52-54(51-48)43-21-11-4-12-22-43/h1-34H. The number of fused-ring (bicyclic) bond motifs is 5. The minimum Gasteiger partial charge on any atom is -0.310 e. The molecule has 0 atom stereocenters. The topological polar surface area (TPSA) is 34.0 Å². The molecule has 0 saturated heterocycles. The molecule has 0 radical (unpaired) electrons. The third kappa shape index (κ3) is 5.76. The Balaban J connectivity index is 1.23. The summed E-state index contributed by atoms with van der Waals surface area (Å²) in [5.74, 6) is 0. The molecule has 0 spiro atoms. The van der Waals surface area contributed by atoms with E-state index in [0.29, 0.717) is 0 Å². The first-order chi connectivity index (χ1) is 26.7. The van der Waals surface area contributed by atoms with Crippen molar-refractivity contribution in [1.82, 2.24) is 15.0 Å². The number of hydrogen-bond donors (Lipinski definition) is 0. The summed E-state index contributed by atoms with van der Waals surface area (Å²) in [6.07, 6.45) is 0. The first kappa shape index (κ1) is 31.4. The molecule has 0 aliphatic heterocycles. The van der Waals surface area contributed by atoms with E-state index in [-0.39, 0.29) is 0 Å². The number of rotatable bonds is 7. The third-order valence-corrected chi connectivity index (χ3v) is 10.2. The number of hydrogen-bond acceptors (Lipinski definition) is 3.